The Morgan fingerprint density at radius 2 is 0.246 bits per heavy atom. The lowest BCUT2D eigenvalue weighted by atomic mass is 10.0. The molecule has 806 valence electrons. The van der Waals surface area contributed by atoms with E-state index in [1.165, 1.54) is 578 Å². The maximum Gasteiger partial charge on any atom is 0.203 e. The lowest BCUT2D eigenvalue weighted by Crippen LogP contribution is -2.08. The van der Waals surface area contributed by atoms with Gasteiger partial charge in [-0.1, -0.05) is 619 Å². The van der Waals surface area contributed by atoms with Crippen molar-refractivity contribution in [1.29, 1.82) is 0 Å². The van der Waals surface area contributed by atoms with Gasteiger partial charge in [-0.2, -0.15) is 0 Å². The maximum atomic E-state index is 6.94. The van der Waals surface area contributed by atoms with Crippen LogP contribution in [0.3, 0.4) is 0 Å². The minimum absolute atomic E-state index is 0.370. The summed E-state index contributed by atoms with van der Waals surface area (Å²) in [5.41, 5.74) is 2.05. The Labute approximate surface area is 887 Å². The Morgan fingerprint density at radius 3 is 0.377 bits per heavy atom. The summed E-state index contributed by atoms with van der Waals surface area (Å²) >= 11 is 4.91. The van der Waals surface area contributed by atoms with Crippen LogP contribution in [0.4, 0.5) is 0 Å². The van der Waals surface area contributed by atoms with E-state index in [0.29, 0.717) is 52.9 Å². The molecule has 0 heterocycles. The molecule has 0 atom stereocenters. The summed E-state index contributed by atoms with van der Waals surface area (Å²) in [6.45, 7) is 18.6. The third-order valence-electron chi connectivity index (χ3n) is 29.4. The molecule has 3 aromatic rings. The van der Waals surface area contributed by atoms with E-state index in [1.54, 1.807) is 0 Å². The monoisotopic (exact) mass is 2150 g/mol. The van der Waals surface area contributed by atoms with E-state index in [9.17, 15) is 0 Å². The van der Waals surface area contributed by atoms with Crippen molar-refractivity contribution in [3.63, 3.8) is 0 Å². The first-order valence-corrected chi connectivity index (χ1v) is 64.4. The highest BCUT2D eigenvalue weighted by atomic mass is 127. The highest BCUT2D eigenvalue weighted by molar-refractivity contribution is 14.1. The smallest absolute Gasteiger partial charge is 0.203 e. The fourth-order valence-electron chi connectivity index (χ4n) is 20.2. The van der Waals surface area contributed by atoms with Crippen LogP contribution >= 0.6 is 45.2 Å². The van der Waals surface area contributed by atoms with Gasteiger partial charge >= 0.3 is 0 Å². The molecule has 0 N–H and O–H groups in total. The van der Waals surface area contributed by atoms with Gasteiger partial charge in [-0.25, -0.2) is 0 Å². The standard InChI is InChI=1S/C128H232I2O8/c1-7-13-19-25-31-37-43-49-55-61-67-73-79-85-91-97-103-131-123-109-117(110-124(132-104-98-92-86-80-74-68-62-56-50-44-38-32-26-20-14-8-2)127(123)135-107-101-95-89-83-77-71-65-59-53-47-41-35-29-23-17-11-5)115-137-121-113-120(130)122(114-119(121)129)138-116-118-111-125(133-105-99-93-87-81-75-69-63-57-51-45-39-33-27-21-15-9-3)128(136-108-102-96-90-84-78-72-66-60-54-48-42-36-30-24-18-12-6)126(112-118)134-106-100-94-88-82-76-70-64-58-52-46-40-34-28-22-16-10-4/h109-114H,7-108,115-116H2,1-6H3. The Hall–Kier alpha value is -2.48. The van der Waals surface area contributed by atoms with Gasteiger partial charge in [-0.3, -0.25) is 0 Å². The topological polar surface area (TPSA) is 73.8 Å². The third-order valence-corrected chi connectivity index (χ3v) is 31.1. The van der Waals surface area contributed by atoms with Crippen molar-refractivity contribution in [3.05, 3.63) is 54.7 Å². The fourth-order valence-corrected chi connectivity index (χ4v) is 21.4. The zero-order valence-corrected chi connectivity index (χ0v) is 97.3. The largest absolute Gasteiger partial charge is 0.490 e. The van der Waals surface area contributed by atoms with E-state index < -0.39 is 0 Å². The van der Waals surface area contributed by atoms with Gasteiger partial charge in [0, 0.05) is 0 Å². The van der Waals surface area contributed by atoms with E-state index in [4.69, 9.17) is 37.9 Å². The second kappa shape index (κ2) is 104. The highest BCUT2D eigenvalue weighted by Gasteiger charge is 2.21. The number of unbranched alkanes of at least 4 members (excludes halogenated alkanes) is 90. The van der Waals surface area contributed by atoms with E-state index in [1.807, 2.05) is 0 Å². The van der Waals surface area contributed by atoms with Crippen molar-refractivity contribution in [2.45, 2.75) is 671 Å². The predicted molar refractivity (Wildman–Crippen MR) is 624 cm³/mol. The summed E-state index contributed by atoms with van der Waals surface area (Å²) in [7, 11) is 0. The number of rotatable bonds is 114. The molecule has 0 bridgehead atoms. The first-order valence-electron chi connectivity index (χ1n) is 62.2. The van der Waals surface area contributed by atoms with E-state index in [-0.39, 0.29) is 0 Å². The minimum atomic E-state index is 0.370. The molecule has 0 spiro atoms. The molecule has 0 aliphatic carbocycles. The van der Waals surface area contributed by atoms with E-state index in [0.717, 1.165) is 103 Å². The number of hydrogen-bond donors (Lipinski definition) is 0. The molecule has 8 nitrogen and oxygen atoms in total. The van der Waals surface area contributed by atoms with Crippen molar-refractivity contribution in [3.8, 4) is 46.0 Å². The fraction of sp³-hybridized carbons (Fsp3) is 0.859. The van der Waals surface area contributed by atoms with Gasteiger partial charge in [-0.15, -0.1) is 0 Å². The molecule has 3 aromatic carbocycles. The molecule has 0 fully saturated rings. The van der Waals surface area contributed by atoms with Crippen molar-refractivity contribution in [1.82, 2.24) is 0 Å². The van der Waals surface area contributed by atoms with Gasteiger partial charge in [0.25, 0.3) is 0 Å². The summed E-state index contributed by atoms with van der Waals surface area (Å²) < 4.78 is 57.5. The van der Waals surface area contributed by atoms with E-state index in [2.05, 4.69) is 123 Å². The lowest BCUT2D eigenvalue weighted by molar-refractivity contribution is 0.232. The van der Waals surface area contributed by atoms with Crippen LogP contribution in [-0.2, 0) is 13.2 Å². The van der Waals surface area contributed by atoms with Crippen molar-refractivity contribution in [2.75, 3.05) is 39.6 Å². The van der Waals surface area contributed by atoms with Crippen LogP contribution in [0.2, 0.25) is 0 Å². The number of benzene rings is 3. The van der Waals surface area contributed by atoms with Crippen LogP contribution in [0, 0.1) is 7.14 Å². The van der Waals surface area contributed by atoms with Gasteiger partial charge in [0.1, 0.15) is 24.7 Å². The Bertz CT molecular complexity index is 2660. The van der Waals surface area contributed by atoms with Crippen LogP contribution in [0.5, 0.6) is 46.0 Å². The highest BCUT2D eigenvalue weighted by Crippen LogP contribution is 2.43. The van der Waals surface area contributed by atoms with Crippen LogP contribution in [0.1, 0.15) is 669 Å². The molecule has 0 radical (unpaired) electrons. The molecule has 0 unspecified atom stereocenters. The summed E-state index contributed by atoms with van der Waals surface area (Å²) in [5, 5.41) is 0. The average Bonchev–Trinajstić information content (AvgIpc) is 0.814. The van der Waals surface area contributed by atoms with Gasteiger partial charge < -0.3 is 37.9 Å². The maximum absolute atomic E-state index is 6.94. The lowest BCUT2D eigenvalue weighted by Gasteiger charge is -2.20. The zero-order valence-electron chi connectivity index (χ0n) is 93.0. The third kappa shape index (κ3) is 81.6. The molecular formula is C128H232I2O8. The molecule has 0 aromatic heterocycles. The van der Waals surface area contributed by atoms with Crippen LogP contribution in [0.25, 0.3) is 0 Å². The average molecular weight is 2150 g/mol. The number of halogens is 2. The van der Waals surface area contributed by atoms with Gasteiger partial charge in [0.2, 0.25) is 11.5 Å². The number of hydrogen-bond acceptors (Lipinski definition) is 8. The summed E-state index contributed by atoms with van der Waals surface area (Å²) in [6, 6.07) is 13.1. The Morgan fingerprint density at radius 1 is 0.130 bits per heavy atom. The predicted octanol–water partition coefficient (Wildman–Crippen LogP) is 45.9. The van der Waals surface area contributed by atoms with Crippen molar-refractivity contribution < 1.29 is 37.9 Å². The van der Waals surface area contributed by atoms with Crippen molar-refractivity contribution >= 4 is 45.2 Å². The summed E-state index contributed by atoms with van der Waals surface area (Å²) in [5.74, 6) is 6.39. The van der Waals surface area contributed by atoms with Crippen LogP contribution < -0.4 is 37.9 Å². The zero-order chi connectivity index (χ0) is 98.4. The molecule has 0 saturated carbocycles. The molecule has 0 saturated heterocycles. The molecule has 0 aliphatic heterocycles. The molecular weight excluding hydrogens is 1920 g/mol. The van der Waals surface area contributed by atoms with Gasteiger partial charge in [0.05, 0.1) is 46.8 Å². The van der Waals surface area contributed by atoms with Gasteiger partial charge in [-0.05, 0) is 131 Å². The second-order valence-corrected chi connectivity index (χ2v) is 45.4. The van der Waals surface area contributed by atoms with Gasteiger partial charge in [0.15, 0.2) is 23.0 Å². The molecule has 0 aliphatic rings. The Balaban J connectivity index is 1.87. The molecule has 10 heteroatoms. The second-order valence-electron chi connectivity index (χ2n) is 43.0. The minimum Gasteiger partial charge on any atom is -0.490 e. The SMILES string of the molecule is CCCCCCCCCCCCCCCCCCOc1cc(COc2cc(I)c(OCc3cc(OCCCCCCCCCCCCCCCCCC)c(OCCCCCCCCCCCCCCCCCC)c(OCCCCCCCCCCCCCCCCCC)c3)cc2I)cc(OCCCCCCCCCCCCCCCCCC)c1OCCCCCCCCCCCCCCCCCC. The Kier molecular flexibility index (Phi) is 98.2. The molecule has 138 heavy (non-hydrogen) atoms. The molecule has 0 amide bonds. The van der Waals surface area contributed by atoms with Crippen LogP contribution in [-0.4, -0.2) is 39.6 Å². The number of ether oxygens (including phenoxy) is 8. The van der Waals surface area contributed by atoms with E-state index >= 15 is 0 Å². The first kappa shape index (κ1) is 130. The van der Waals surface area contributed by atoms with Crippen molar-refractivity contribution in [2.24, 2.45) is 0 Å². The summed E-state index contributed by atoms with van der Waals surface area (Å²) in [6.07, 6.45) is 130. The first-order chi connectivity index (χ1) is 68.4. The summed E-state index contributed by atoms with van der Waals surface area (Å²) in [4.78, 5) is 0. The molecule has 3 rings (SSSR count). The normalized spacial score (nSPS) is 11.6. The quantitative estimate of drug-likeness (QED) is 0.0409. The van der Waals surface area contributed by atoms with Crippen LogP contribution in [0.15, 0.2) is 36.4 Å².